The van der Waals surface area contributed by atoms with Crippen molar-refractivity contribution in [3.8, 4) is 11.3 Å². The largest absolute Gasteiger partial charge is 0.467 e. The molecule has 1 aliphatic heterocycles. The third-order valence-corrected chi connectivity index (χ3v) is 5.26. The van der Waals surface area contributed by atoms with E-state index in [1.54, 1.807) is 23.3 Å². The van der Waals surface area contributed by atoms with E-state index in [-0.39, 0.29) is 18.3 Å². The van der Waals surface area contributed by atoms with Gasteiger partial charge in [0, 0.05) is 11.1 Å². The van der Waals surface area contributed by atoms with Crippen molar-refractivity contribution in [3.63, 3.8) is 0 Å². The van der Waals surface area contributed by atoms with Gasteiger partial charge in [-0.2, -0.15) is 5.10 Å². The number of nitrogens with one attached hydrogen (secondary N) is 1. The van der Waals surface area contributed by atoms with Gasteiger partial charge in [0.25, 0.3) is 5.91 Å². The molecule has 0 bridgehead atoms. The second-order valence-corrected chi connectivity index (χ2v) is 7.20. The Hall–Kier alpha value is -3.67. The first-order chi connectivity index (χ1) is 14.1. The van der Waals surface area contributed by atoms with Crippen LogP contribution in [0.15, 0.2) is 71.3 Å². The zero-order valence-electron chi connectivity index (χ0n) is 15.7. The molecule has 2 aromatic heterocycles. The monoisotopic (exact) mass is 387 g/mol. The SMILES string of the molecule is Cc1ccc(-c2n[nH]c3c2C(c2cccc(F)c2)N(Cc2ccco2)C3=O)cc1. The summed E-state index contributed by atoms with van der Waals surface area (Å²) >= 11 is 0. The number of aromatic nitrogens is 2. The Morgan fingerprint density at radius 2 is 1.97 bits per heavy atom. The van der Waals surface area contributed by atoms with Crippen molar-refractivity contribution in [2.24, 2.45) is 0 Å². The van der Waals surface area contributed by atoms with Gasteiger partial charge in [-0.1, -0.05) is 42.0 Å². The van der Waals surface area contributed by atoms with E-state index >= 15 is 0 Å². The average Bonchev–Trinajstić information content (AvgIpc) is 3.43. The van der Waals surface area contributed by atoms with Crippen LogP contribution in [0.1, 0.15) is 39.0 Å². The second-order valence-electron chi connectivity index (χ2n) is 7.20. The van der Waals surface area contributed by atoms with Crippen LogP contribution < -0.4 is 0 Å². The van der Waals surface area contributed by atoms with E-state index < -0.39 is 6.04 Å². The summed E-state index contributed by atoms with van der Waals surface area (Å²) in [6.45, 7) is 2.30. The van der Waals surface area contributed by atoms with E-state index in [1.165, 1.54) is 12.1 Å². The Morgan fingerprint density at radius 1 is 1.14 bits per heavy atom. The van der Waals surface area contributed by atoms with Crippen molar-refractivity contribution < 1.29 is 13.6 Å². The zero-order chi connectivity index (χ0) is 20.0. The van der Waals surface area contributed by atoms with E-state index in [2.05, 4.69) is 10.2 Å². The van der Waals surface area contributed by atoms with Crippen LogP contribution in [0.4, 0.5) is 4.39 Å². The number of aromatic amines is 1. The molecular formula is C23H18FN3O2. The summed E-state index contributed by atoms with van der Waals surface area (Å²) in [7, 11) is 0. The van der Waals surface area contributed by atoms with Gasteiger partial charge < -0.3 is 9.32 Å². The molecule has 5 nitrogen and oxygen atoms in total. The summed E-state index contributed by atoms with van der Waals surface area (Å²) in [5, 5.41) is 7.34. The first-order valence-electron chi connectivity index (χ1n) is 9.36. The van der Waals surface area contributed by atoms with Crippen molar-refractivity contribution >= 4 is 5.91 Å². The highest BCUT2D eigenvalue weighted by molar-refractivity contribution is 6.00. The van der Waals surface area contributed by atoms with E-state index in [0.29, 0.717) is 22.7 Å². The number of halogens is 1. The number of benzene rings is 2. The molecule has 1 unspecified atom stereocenters. The molecule has 1 aliphatic rings. The zero-order valence-corrected chi connectivity index (χ0v) is 15.7. The topological polar surface area (TPSA) is 62.1 Å². The highest BCUT2D eigenvalue weighted by Gasteiger charge is 2.42. The molecule has 3 heterocycles. The molecule has 0 aliphatic carbocycles. The third-order valence-electron chi connectivity index (χ3n) is 5.26. The van der Waals surface area contributed by atoms with Crippen LogP contribution in [0.5, 0.6) is 0 Å². The van der Waals surface area contributed by atoms with Crippen LogP contribution in [-0.2, 0) is 6.54 Å². The number of aryl methyl sites for hydroxylation is 1. The molecule has 1 atom stereocenters. The molecule has 4 aromatic rings. The molecular weight excluding hydrogens is 369 g/mol. The molecule has 0 saturated carbocycles. The van der Waals surface area contributed by atoms with E-state index in [1.807, 2.05) is 43.3 Å². The standard InChI is InChI=1S/C23H18FN3O2/c1-14-7-9-15(10-8-14)20-19-21(26-25-20)23(28)27(13-18-6-3-11-29-18)22(19)16-4-2-5-17(24)12-16/h2-12,22H,13H2,1H3,(H,25,26). The number of rotatable bonds is 4. The van der Waals surface area contributed by atoms with Crippen molar-refractivity contribution in [2.75, 3.05) is 0 Å². The molecule has 5 rings (SSSR count). The minimum atomic E-state index is -0.464. The minimum absolute atomic E-state index is 0.184. The fraction of sp³-hybridized carbons (Fsp3) is 0.130. The number of amides is 1. The lowest BCUT2D eigenvalue weighted by atomic mass is 9.95. The molecule has 2 aromatic carbocycles. The summed E-state index contributed by atoms with van der Waals surface area (Å²) in [6.07, 6.45) is 1.58. The van der Waals surface area contributed by atoms with Crippen molar-refractivity contribution in [3.05, 3.63) is 101 Å². The van der Waals surface area contributed by atoms with Gasteiger partial charge in [-0.15, -0.1) is 0 Å². The fourth-order valence-electron chi connectivity index (χ4n) is 3.88. The second kappa shape index (κ2) is 6.74. The van der Waals surface area contributed by atoms with Gasteiger partial charge in [-0.05, 0) is 36.8 Å². The molecule has 1 N–H and O–H groups in total. The smallest absolute Gasteiger partial charge is 0.273 e. The molecule has 29 heavy (non-hydrogen) atoms. The number of hydrogen-bond acceptors (Lipinski definition) is 3. The van der Waals surface area contributed by atoms with Gasteiger partial charge in [0.05, 0.1) is 24.5 Å². The van der Waals surface area contributed by atoms with Crippen molar-refractivity contribution in [1.29, 1.82) is 0 Å². The molecule has 0 saturated heterocycles. The lowest BCUT2D eigenvalue weighted by molar-refractivity contribution is 0.0716. The Bertz CT molecular complexity index is 1180. The number of carbonyl (C=O) groups is 1. The molecule has 0 radical (unpaired) electrons. The Labute approximate surface area is 166 Å². The summed E-state index contributed by atoms with van der Waals surface area (Å²) in [4.78, 5) is 14.9. The first kappa shape index (κ1) is 17.4. The predicted octanol–water partition coefficient (Wildman–Crippen LogP) is 4.86. The van der Waals surface area contributed by atoms with E-state index in [0.717, 1.165) is 16.7 Å². The number of nitrogens with zero attached hydrogens (tertiary/aromatic N) is 2. The fourth-order valence-corrected chi connectivity index (χ4v) is 3.88. The number of H-pyrrole nitrogens is 1. The number of fused-ring (bicyclic) bond motifs is 1. The van der Waals surface area contributed by atoms with Gasteiger partial charge in [0.15, 0.2) is 0 Å². The van der Waals surface area contributed by atoms with Crippen LogP contribution in [0.3, 0.4) is 0 Å². The lowest BCUT2D eigenvalue weighted by Gasteiger charge is -2.25. The van der Waals surface area contributed by atoms with Gasteiger partial charge in [-0.25, -0.2) is 4.39 Å². The van der Waals surface area contributed by atoms with Crippen LogP contribution in [-0.4, -0.2) is 21.0 Å². The maximum atomic E-state index is 14.0. The molecule has 1 amide bonds. The Kier molecular flexibility index (Phi) is 4.05. The predicted molar refractivity (Wildman–Crippen MR) is 106 cm³/mol. The van der Waals surface area contributed by atoms with Gasteiger partial charge >= 0.3 is 0 Å². The normalized spacial score (nSPS) is 15.7. The lowest BCUT2D eigenvalue weighted by Crippen LogP contribution is -2.29. The van der Waals surface area contributed by atoms with Gasteiger partial charge in [0.1, 0.15) is 17.3 Å². The van der Waals surface area contributed by atoms with Crippen LogP contribution in [0, 0.1) is 12.7 Å². The van der Waals surface area contributed by atoms with Crippen LogP contribution in [0.25, 0.3) is 11.3 Å². The minimum Gasteiger partial charge on any atom is -0.467 e. The molecule has 6 heteroatoms. The molecule has 144 valence electrons. The van der Waals surface area contributed by atoms with Gasteiger partial charge in [-0.3, -0.25) is 9.89 Å². The van der Waals surface area contributed by atoms with Crippen molar-refractivity contribution in [1.82, 2.24) is 15.1 Å². The highest BCUT2D eigenvalue weighted by Crippen LogP contribution is 2.43. The molecule has 0 spiro atoms. The molecule has 0 fully saturated rings. The van der Waals surface area contributed by atoms with Crippen molar-refractivity contribution in [2.45, 2.75) is 19.5 Å². The highest BCUT2D eigenvalue weighted by atomic mass is 19.1. The van der Waals surface area contributed by atoms with E-state index in [9.17, 15) is 9.18 Å². The number of hydrogen-bond donors (Lipinski definition) is 1. The maximum Gasteiger partial charge on any atom is 0.273 e. The first-order valence-corrected chi connectivity index (χ1v) is 9.36. The Balaban J connectivity index is 1.67. The summed E-state index contributed by atoms with van der Waals surface area (Å²) in [6, 6.07) is 17.5. The average molecular weight is 387 g/mol. The summed E-state index contributed by atoms with van der Waals surface area (Å²) < 4.78 is 19.5. The maximum absolute atomic E-state index is 14.0. The number of carbonyl (C=O) groups excluding carboxylic acids is 1. The quantitative estimate of drug-likeness (QED) is 0.544. The van der Waals surface area contributed by atoms with Crippen LogP contribution >= 0.6 is 0 Å². The third kappa shape index (κ3) is 2.93. The Morgan fingerprint density at radius 3 is 2.69 bits per heavy atom. The summed E-state index contributed by atoms with van der Waals surface area (Å²) in [5.41, 5.74) is 4.63. The summed E-state index contributed by atoms with van der Waals surface area (Å²) in [5.74, 6) is 0.132. The van der Waals surface area contributed by atoms with Crippen LogP contribution in [0.2, 0.25) is 0 Å². The van der Waals surface area contributed by atoms with Gasteiger partial charge in [0.2, 0.25) is 0 Å². The number of furan rings is 1. The van der Waals surface area contributed by atoms with E-state index in [4.69, 9.17) is 4.42 Å².